The molecule has 2 aromatic rings. The Bertz CT molecular complexity index is 797. The van der Waals surface area contributed by atoms with E-state index in [0.29, 0.717) is 6.07 Å². The first-order chi connectivity index (χ1) is 11.3. The third-order valence-electron chi connectivity index (χ3n) is 2.88. The average Bonchev–Trinajstić information content (AvgIpc) is 2.50. The summed E-state index contributed by atoms with van der Waals surface area (Å²) in [5, 5.41) is 2.30. The van der Waals surface area contributed by atoms with Crippen molar-refractivity contribution in [3.63, 3.8) is 0 Å². The second-order valence-corrected chi connectivity index (χ2v) is 4.72. The minimum absolute atomic E-state index is 0.135. The van der Waals surface area contributed by atoms with Crippen LogP contribution in [0.25, 0.3) is 0 Å². The molecule has 7 heteroatoms. The summed E-state index contributed by atoms with van der Waals surface area (Å²) >= 11 is 0. The van der Waals surface area contributed by atoms with E-state index in [4.69, 9.17) is 0 Å². The zero-order valence-electron chi connectivity index (χ0n) is 12.0. The zero-order chi connectivity index (χ0) is 17.7. The first-order valence-electron chi connectivity index (χ1n) is 6.66. The van der Waals surface area contributed by atoms with Gasteiger partial charge in [0.05, 0.1) is 12.1 Å². The lowest BCUT2D eigenvalue weighted by atomic mass is 10.1. The quantitative estimate of drug-likeness (QED) is 0.655. The number of nitrogens with one attached hydrogen (secondary N) is 1. The molecule has 0 heterocycles. The van der Waals surface area contributed by atoms with Gasteiger partial charge in [-0.2, -0.15) is 13.2 Å². The molecule has 2 aromatic carbocycles. The number of alkyl halides is 3. The predicted octanol–water partition coefficient (Wildman–Crippen LogP) is 3.77. The van der Waals surface area contributed by atoms with Crippen LogP contribution < -0.4 is 5.32 Å². The van der Waals surface area contributed by atoms with Crippen molar-refractivity contribution in [2.45, 2.75) is 6.18 Å². The van der Waals surface area contributed by atoms with Crippen LogP contribution in [0.5, 0.6) is 0 Å². The van der Waals surface area contributed by atoms with Gasteiger partial charge in [-0.15, -0.1) is 0 Å². The third kappa shape index (κ3) is 4.81. The molecule has 0 saturated heterocycles. The van der Waals surface area contributed by atoms with Gasteiger partial charge in [0, 0.05) is 17.2 Å². The summed E-state index contributed by atoms with van der Waals surface area (Å²) < 4.78 is 63.6. The monoisotopic (exact) mass is 339 g/mol. The zero-order valence-corrected chi connectivity index (χ0v) is 12.0. The molecule has 124 valence electrons. The van der Waals surface area contributed by atoms with Gasteiger partial charge in [0.25, 0.3) is 5.91 Å². The summed E-state index contributed by atoms with van der Waals surface area (Å²) in [6, 6.07) is 6.77. The number of amides is 1. The van der Waals surface area contributed by atoms with Gasteiger partial charge in [0.2, 0.25) is 0 Å². The van der Waals surface area contributed by atoms with Gasteiger partial charge in [0.1, 0.15) is 11.6 Å². The lowest BCUT2D eigenvalue weighted by Crippen LogP contribution is -2.23. The van der Waals surface area contributed by atoms with E-state index in [2.05, 4.69) is 17.2 Å². The summed E-state index contributed by atoms with van der Waals surface area (Å²) in [4.78, 5) is 11.7. The van der Waals surface area contributed by atoms with E-state index in [9.17, 15) is 26.7 Å². The molecule has 0 spiro atoms. The Morgan fingerprint density at radius 2 is 1.71 bits per heavy atom. The Kier molecular flexibility index (Phi) is 5.19. The van der Waals surface area contributed by atoms with E-state index in [-0.39, 0.29) is 17.7 Å². The molecule has 24 heavy (non-hydrogen) atoms. The van der Waals surface area contributed by atoms with Crippen LogP contribution in [0, 0.1) is 23.5 Å². The van der Waals surface area contributed by atoms with Crippen molar-refractivity contribution in [2.75, 3.05) is 6.54 Å². The van der Waals surface area contributed by atoms with Crippen molar-refractivity contribution >= 4 is 5.91 Å². The normalized spacial score (nSPS) is 10.7. The van der Waals surface area contributed by atoms with Gasteiger partial charge < -0.3 is 5.32 Å². The Hall–Kier alpha value is -2.88. The van der Waals surface area contributed by atoms with E-state index in [1.807, 2.05) is 0 Å². The fourth-order valence-electron chi connectivity index (χ4n) is 1.83. The molecule has 0 fully saturated rings. The molecule has 0 saturated carbocycles. The molecule has 2 rings (SSSR count). The highest BCUT2D eigenvalue weighted by Crippen LogP contribution is 2.29. The van der Waals surface area contributed by atoms with Crippen LogP contribution in [0.3, 0.4) is 0 Å². The number of benzene rings is 2. The van der Waals surface area contributed by atoms with Crippen LogP contribution in [0.2, 0.25) is 0 Å². The van der Waals surface area contributed by atoms with E-state index >= 15 is 0 Å². The van der Waals surface area contributed by atoms with Crippen molar-refractivity contribution in [3.8, 4) is 11.8 Å². The number of carbonyl (C=O) groups excluding carboxylic acids is 1. The van der Waals surface area contributed by atoms with Crippen LogP contribution in [0.1, 0.15) is 21.5 Å². The van der Waals surface area contributed by atoms with Crippen molar-refractivity contribution in [2.24, 2.45) is 0 Å². The molecule has 0 aliphatic rings. The Labute approximate surface area is 134 Å². The molecule has 0 aliphatic carbocycles. The highest BCUT2D eigenvalue weighted by molar-refractivity contribution is 5.94. The maximum Gasteiger partial charge on any atom is 0.416 e. The minimum atomic E-state index is -4.46. The molecular weight excluding hydrogens is 329 g/mol. The molecule has 0 unspecified atom stereocenters. The topological polar surface area (TPSA) is 29.1 Å². The molecule has 1 amide bonds. The van der Waals surface area contributed by atoms with Gasteiger partial charge >= 0.3 is 6.18 Å². The number of carbonyl (C=O) groups is 1. The number of rotatable bonds is 2. The van der Waals surface area contributed by atoms with Gasteiger partial charge in [-0.1, -0.05) is 17.9 Å². The molecule has 0 aliphatic heterocycles. The first-order valence-corrected chi connectivity index (χ1v) is 6.66. The second kappa shape index (κ2) is 7.13. The van der Waals surface area contributed by atoms with Crippen LogP contribution in [0.4, 0.5) is 22.0 Å². The van der Waals surface area contributed by atoms with E-state index in [0.717, 1.165) is 24.3 Å². The van der Waals surface area contributed by atoms with Crippen LogP contribution in [0.15, 0.2) is 42.5 Å². The Morgan fingerprint density at radius 3 is 2.33 bits per heavy atom. The Morgan fingerprint density at radius 1 is 1.04 bits per heavy atom. The van der Waals surface area contributed by atoms with Gasteiger partial charge in [-0.25, -0.2) is 8.78 Å². The highest BCUT2D eigenvalue weighted by atomic mass is 19.4. The fourth-order valence-corrected chi connectivity index (χ4v) is 1.83. The smallest absolute Gasteiger partial charge is 0.341 e. The highest BCUT2D eigenvalue weighted by Gasteiger charge is 2.30. The van der Waals surface area contributed by atoms with E-state index in [1.54, 1.807) is 0 Å². The van der Waals surface area contributed by atoms with Crippen LogP contribution in [-0.4, -0.2) is 12.5 Å². The number of hydrogen-bond donors (Lipinski definition) is 1. The summed E-state index contributed by atoms with van der Waals surface area (Å²) in [5.74, 6) is 2.42. The lowest BCUT2D eigenvalue weighted by Gasteiger charge is -2.05. The molecule has 0 aromatic heterocycles. The average molecular weight is 339 g/mol. The minimum Gasteiger partial charge on any atom is -0.341 e. The molecule has 0 bridgehead atoms. The largest absolute Gasteiger partial charge is 0.416 e. The first kappa shape index (κ1) is 17.5. The lowest BCUT2D eigenvalue weighted by molar-refractivity contribution is -0.137. The van der Waals surface area contributed by atoms with Gasteiger partial charge in [-0.3, -0.25) is 4.79 Å². The predicted molar refractivity (Wildman–Crippen MR) is 77.0 cm³/mol. The Balaban J connectivity index is 2.00. The molecular formula is C17H10F5NO. The number of halogens is 5. The summed E-state index contributed by atoms with van der Waals surface area (Å²) in [6.07, 6.45) is -4.46. The SMILES string of the molecule is O=C(NCC#Cc1cccc(C(F)(F)F)c1)c1cc(F)cc(F)c1. The number of hydrogen-bond acceptors (Lipinski definition) is 1. The summed E-state index contributed by atoms with van der Waals surface area (Å²) in [7, 11) is 0. The molecule has 0 atom stereocenters. The molecule has 1 N–H and O–H groups in total. The third-order valence-corrected chi connectivity index (χ3v) is 2.88. The second-order valence-electron chi connectivity index (χ2n) is 4.72. The van der Waals surface area contributed by atoms with Crippen LogP contribution >= 0.6 is 0 Å². The van der Waals surface area contributed by atoms with Crippen molar-refractivity contribution < 1.29 is 26.7 Å². The van der Waals surface area contributed by atoms with Crippen molar-refractivity contribution in [3.05, 3.63) is 70.8 Å². The van der Waals surface area contributed by atoms with E-state index in [1.165, 1.54) is 12.1 Å². The maximum atomic E-state index is 13.0. The van der Waals surface area contributed by atoms with E-state index < -0.39 is 29.3 Å². The van der Waals surface area contributed by atoms with Crippen molar-refractivity contribution in [1.82, 2.24) is 5.32 Å². The van der Waals surface area contributed by atoms with Gasteiger partial charge in [-0.05, 0) is 30.3 Å². The molecule has 0 radical (unpaired) electrons. The summed E-state index contributed by atoms with van der Waals surface area (Å²) in [6.45, 7) is -0.187. The summed E-state index contributed by atoms with van der Waals surface area (Å²) in [5.41, 5.74) is -0.905. The maximum absolute atomic E-state index is 13.0. The van der Waals surface area contributed by atoms with Crippen LogP contribution in [-0.2, 0) is 6.18 Å². The molecule has 2 nitrogen and oxygen atoms in total. The fraction of sp³-hybridized carbons (Fsp3) is 0.118. The van der Waals surface area contributed by atoms with Crippen molar-refractivity contribution in [1.29, 1.82) is 0 Å². The van der Waals surface area contributed by atoms with Gasteiger partial charge in [0.15, 0.2) is 0 Å². The standard InChI is InChI=1S/C17H10F5NO/c18-14-8-12(9-15(19)10-14)16(24)23-6-2-4-11-3-1-5-13(7-11)17(20,21)22/h1,3,5,7-10H,6H2,(H,23,24).